The second-order valence-electron chi connectivity index (χ2n) is 3.05. The van der Waals surface area contributed by atoms with Gasteiger partial charge in [0.15, 0.2) is 5.11 Å². The van der Waals surface area contributed by atoms with E-state index in [2.05, 4.69) is 17.3 Å². The first-order valence-electron chi connectivity index (χ1n) is 4.37. The number of halogens is 5. The Bertz CT molecular complexity index is 498. The molecule has 0 radical (unpaired) electrons. The van der Waals surface area contributed by atoms with Gasteiger partial charge in [0, 0.05) is 0 Å². The van der Waals surface area contributed by atoms with E-state index in [9.17, 15) is 22.0 Å². The smallest absolute Gasteiger partial charge is 0.375 e. The average molecular weight is 283 g/mol. The Hall–Kier alpha value is -1.77. The molecule has 0 bridgehead atoms. The molecule has 0 aliphatic carbocycles. The molecule has 98 valence electrons. The predicted octanol–water partition coefficient (Wildman–Crippen LogP) is 2.15. The summed E-state index contributed by atoms with van der Waals surface area (Å²) in [5.41, 5.74) is 4.42. The number of alkyl halides is 3. The van der Waals surface area contributed by atoms with Crippen molar-refractivity contribution in [2.75, 3.05) is 0 Å². The van der Waals surface area contributed by atoms with Crippen molar-refractivity contribution in [2.45, 2.75) is 6.18 Å². The first kappa shape index (κ1) is 14.3. The van der Waals surface area contributed by atoms with E-state index in [1.807, 2.05) is 5.43 Å². The van der Waals surface area contributed by atoms with Gasteiger partial charge in [-0.3, -0.25) is 5.43 Å². The Morgan fingerprint density at radius 1 is 1.33 bits per heavy atom. The van der Waals surface area contributed by atoms with Crippen LogP contribution in [0.1, 0.15) is 11.1 Å². The highest BCUT2D eigenvalue weighted by atomic mass is 32.1. The van der Waals surface area contributed by atoms with E-state index < -0.39 is 28.9 Å². The highest BCUT2D eigenvalue weighted by molar-refractivity contribution is 7.80. The molecule has 0 saturated heterocycles. The number of hydrogen-bond acceptors (Lipinski definition) is 2. The Labute approximate surface area is 103 Å². The van der Waals surface area contributed by atoms with Crippen LogP contribution in [0.2, 0.25) is 0 Å². The molecule has 0 atom stereocenters. The van der Waals surface area contributed by atoms with Gasteiger partial charge in [-0.15, -0.1) is 0 Å². The van der Waals surface area contributed by atoms with Gasteiger partial charge in [0.25, 0.3) is 0 Å². The number of thiocarbonyl (C=S) groups is 1. The molecule has 0 spiro atoms. The van der Waals surface area contributed by atoms with Crippen molar-refractivity contribution in [3.63, 3.8) is 0 Å². The molecule has 0 fully saturated rings. The first-order chi connectivity index (χ1) is 8.23. The number of nitrogens with one attached hydrogen (secondary N) is 1. The Morgan fingerprint density at radius 3 is 2.44 bits per heavy atom. The van der Waals surface area contributed by atoms with Crippen molar-refractivity contribution in [3.8, 4) is 0 Å². The lowest BCUT2D eigenvalue weighted by atomic mass is 10.1. The first-order valence-corrected chi connectivity index (χ1v) is 4.78. The van der Waals surface area contributed by atoms with Crippen molar-refractivity contribution >= 4 is 23.5 Å². The van der Waals surface area contributed by atoms with Gasteiger partial charge in [-0.2, -0.15) is 18.3 Å². The van der Waals surface area contributed by atoms with Crippen LogP contribution in [0.15, 0.2) is 17.2 Å². The van der Waals surface area contributed by atoms with Crippen molar-refractivity contribution in [1.29, 1.82) is 0 Å². The minimum absolute atomic E-state index is 0.293. The summed E-state index contributed by atoms with van der Waals surface area (Å²) in [6.07, 6.45) is -4.39. The maximum Gasteiger partial charge on any atom is 0.419 e. The third-order valence-electron chi connectivity index (χ3n) is 1.80. The molecule has 0 aliphatic heterocycles. The lowest BCUT2D eigenvalue weighted by Gasteiger charge is -2.09. The summed E-state index contributed by atoms with van der Waals surface area (Å²) in [5.74, 6) is -2.94. The molecule has 0 unspecified atom stereocenters. The molecule has 0 aliphatic rings. The van der Waals surface area contributed by atoms with Crippen LogP contribution in [-0.2, 0) is 6.18 Å². The lowest BCUT2D eigenvalue weighted by Crippen LogP contribution is -2.24. The predicted molar refractivity (Wildman–Crippen MR) is 58.9 cm³/mol. The van der Waals surface area contributed by atoms with Crippen LogP contribution in [0.4, 0.5) is 22.0 Å². The molecule has 1 rings (SSSR count). The van der Waals surface area contributed by atoms with Gasteiger partial charge in [-0.1, -0.05) is 0 Å². The van der Waals surface area contributed by atoms with Crippen LogP contribution in [-0.4, -0.2) is 11.3 Å². The van der Waals surface area contributed by atoms with Gasteiger partial charge in [0.1, 0.15) is 11.6 Å². The fourth-order valence-electron chi connectivity index (χ4n) is 1.07. The van der Waals surface area contributed by atoms with Crippen LogP contribution < -0.4 is 11.2 Å². The molecule has 0 heterocycles. The minimum Gasteiger partial charge on any atom is -0.375 e. The monoisotopic (exact) mass is 283 g/mol. The van der Waals surface area contributed by atoms with Crippen molar-refractivity contribution in [1.82, 2.24) is 5.43 Å². The highest BCUT2D eigenvalue weighted by Crippen LogP contribution is 2.32. The summed E-state index contributed by atoms with van der Waals surface area (Å²) in [5, 5.41) is 2.90. The molecule has 18 heavy (non-hydrogen) atoms. The zero-order valence-corrected chi connectivity index (χ0v) is 9.37. The molecule has 0 saturated carbocycles. The van der Waals surface area contributed by atoms with Crippen LogP contribution in [0.25, 0.3) is 0 Å². The number of hydrazone groups is 1. The highest BCUT2D eigenvalue weighted by Gasteiger charge is 2.35. The van der Waals surface area contributed by atoms with Crippen molar-refractivity contribution in [2.24, 2.45) is 10.8 Å². The Morgan fingerprint density at radius 2 is 1.94 bits per heavy atom. The zero-order chi connectivity index (χ0) is 13.9. The molecule has 1 aromatic carbocycles. The van der Waals surface area contributed by atoms with Gasteiger partial charge in [-0.25, -0.2) is 8.78 Å². The summed E-state index contributed by atoms with van der Waals surface area (Å²) in [4.78, 5) is 0. The van der Waals surface area contributed by atoms with E-state index in [-0.39, 0.29) is 5.11 Å². The maximum atomic E-state index is 13.4. The Balaban J connectivity index is 3.19. The number of hydrogen-bond donors (Lipinski definition) is 2. The van der Waals surface area contributed by atoms with Crippen LogP contribution in [0, 0.1) is 11.6 Å². The van der Waals surface area contributed by atoms with Gasteiger partial charge < -0.3 is 5.73 Å². The normalized spacial score (nSPS) is 11.8. The number of nitrogens with two attached hydrogens (primary N) is 1. The SMILES string of the molecule is NC(=S)NN=Cc1c(F)ccc(C(F)(F)F)c1F. The fourth-order valence-corrected chi connectivity index (χ4v) is 1.12. The molecular weight excluding hydrogens is 277 g/mol. The van der Waals surface area contributed by atoms with Crippen molar-refractivity contribution in [3.05, 3.63) is 34.9 Å². The molecule has 0 amide bonds. The topological polar surface area (TPSA) is 50.4 Å². The molecule has 3 nitrogen and oxygen atoms in total. The van der Waals surface area contributed by atoms with Crippen LogP contribution in [0.5, 0.6) is 0 Å². The van der Waals surface area contributed by atoms with E-state index in [0.717, 1.165) is 0 Å². The molecular formula is C9H6F5N3S. The van der Waals surface area contributed by atoms with E-state index in [1.165, 1.54) is 0 Å². The Kier molecular flexibility index (Phi) is 4.17. The van der Waals surface area contributed by atoms with E-state index in [0.29, 0.717) is 18.3 Å². The van der Waals surface area contributed by atoms with E-state index >= 15 is 0 Å². The zero-order valence-electron chi connectivity index (χ0n) is 8.55. The second kappa shape index (κ2) is 5.25. The fraction of sp³-hybridized carbons (Fsp3) is 0.111. The lowest BCUT2D eigenvalue weighted by molar-refractivity contribution is -0.140. The van der Waals surface area contributed by atoms with E-state index in [1.54, 1.807) is 0 Å². The molecule has 1 aromatic rings. The third-order valence-corrected chi connectivity index (χ3v) is 1.89. The summed E-state index contributed by atoms with van der Waals surface area (Å²) < 4.78 is 63.6. The van der Waals surface area contributed by atoms with E-state index in [4.69, 9.17) is 5.73 Å². The summed E-state index contributed by atoms with van der Waals surface area (Å²) >= 11 is 4.35. The van der Waals surface area contributed by atoms with Crippen LogP contribution >= 0.6 is 12.2 Å². The average Bonchev–Trinajstić information content (AvgIpc) is 2.20. The standard InChI is InChI=1S/C9H6F5N3S/c10-6-2-1-5(9(12,13)14)7(11)4(6)3-16-17-8(15)18/h1-3H,(H3,15,17,18). The van der Waals surface area contributed by atoms with Gasteiger partial charge in [-0.05, 0) is 24.4 Å². The van der Waals surface area contributed by atoms with Gasteiger partial charge >= 0.3 is 6.18 Å². The van der Waals surface area contributed by atoms with Crippen molar-refractivity contribution < 1.29 is 22.0 Å². The minimum atomic E-state index is -4.92. The number of nitrogens with zero attached hydrogens (tertiary/aromatic N) is 1. The largest absolute Gasteiger partial charge is 0.419 e. The van der Waals surface area contributed by atoms with Gasteiger partial charge in [0.05, 0.1) is 17.3 Å². The quantitative estimate of drug-likeness (QED) is 0.378. The summed E-state index contributed by atoms with van der Waals surface area (Å²) in [7, 11) is 0. The number of benzene rings is 1. The molecule has 0 aromatic heterocycles. The third kappa shape index (κ3) is 3.36. The molecule has 9 heteroatoms. The maximum absolute atomic E-state index is 13.4. The number of rotatable bonds is 2. The summed E-state index contributed by atoms with van der Waals surface area (Å²) in [6, 6.07) is 0.803. The van der Waals surface area contributed by atoms with Gasteiger partial charge in [0.2, 0.25) is 0 Å². The summed E-state index contributed by atoms with van der Waals surface area (Å²) in [6.45, 7) is 0. The molecule has 3 N–H and O–H groups in total. The second-order valence-corrected chi connectivity index (χ2v) is 3.49. The van der Waals surface area contributed by atoms with Crippen LogP contribution in [0.3, 0.4) is 0 Å².